The smallest absolute Gasteiger partial charge is 0.164 e. The highest BCUT2D eigenvalue weighted by atomic mass is 32.1. The predicted octanol–water partition coefficient (Wildman–Crippen LogP) is 32.6. The van der Waals surface area contributed by atoms with E-state index in [1.54, 1.807) is 34.0 Å². The fourth-order valence-electron chi connectivity index (χ4n) is 17.6. The first-order valence-corrected chi connectivity index (χ1v) is 45.7. The summed E-state index contributed by atoms with van der Waals surface area (Å²) in [5, 5.41) is 14.6. The molecule has 25 rings (SSSR count). The number of fused-ring (bicyclic) bond motifs is 15. The molecule has 0 N–H and O–H groups in total. The Morgan fingerprint density at radius 2 is 0.438 bits per heavy atom. The van der Waals surface area contributed by atoms with E-state index in [0.717, 1.165) is 120 Å². The zero-order valence-corrected chi connectivity index (χ0v) is 72.5. The Bertz CT molecular complexity index is 8010. The average Bonchev–Trinajstić information content (AvgIpc) is 1.56. The molecule has 0 aliphatic heterocycles. The maximum absolute atomic E-state index is 5.02. The Balaban J connectivity index is 0.000000112. The Morgan fingerprint density at radius 3 is 0.808 bits per heavy atom. The first kappa shape index (κ1) is 78.3. The van der Waals surface area contributed by atoms with E-state index in [4.69, 9.17) is 39.9 Å². The van der Waals surface area contributed by atoms with Gasteiger partial charge in [-0.3, -0.25) is 0 Å². The summed E-state index contributed by atoms with van der Waals surface area (Å²) >= 11 is 5.26. The number of pyridine rings is 3. The molecule has 0 amide bonds. The third-order valence-corrected chi connectivity index (χ3v) is 27.3. The largest absolute Gasteiger partial charge is 0.310 e. The van der Waals surface area contributed by atoms with Crippen molar-refractivity contribution in [2.75, 3.05) is 4.90 Å². The fourth-order valence-corrected chi connectivity index (χ4v) is 20.8. The molecule has 9 nitrogen and oxygen atoms in total. The van der Waals surface area contributed by atoms with Crippen LogP contribution in [-0.4, -0.2) is 39.9 Å². The van der Waals surface area contributed by atoms with Gasteiger partial charge in [-0.15, -0.1) is 34.0 Å². The number of rotatable bonds is 14. The number of aromatic nitrogens is 8. The lowest BCUT2D eigenvalue weighted by molar-refractivity contribution is 1.07. The molecule has 8 heterocycles. The Labute approximate surface area is 762 Å². The van der Waals surface area contributed by atoms with E-state index in [0.29, 0.717) is 23.3 Å². The van der Waals surface area contributed by atoms with Crippen molar-refractivity contribution in [2.24, 2.45) is 0 Å². The second-order valence-corrected chi connectivity index (χ2v) is 35.2. The van der Waals surface area contributed by atoms with Crippen molar-refractivity contribution in [3.05, 3.63) is 455 Å². The topological polar surface area (TPSA) is 106 Å². The standard InChI is InChI=1S/C45H30N2S.C37H23N3S.C36H22N4S/c1-3-10-31(11-4-1)33-18-23-38(24-19-33)47(39-25-20-34(21-26-39)32-12-5-2-6-13-32)40-15-9-14-35(29-40)36-22-27-41-37(28-36)30-46-45-44(41)42-16-7-8-17-43(42)48-45;1-3-10-24(11-4-1)32-22-33(25-12-5-2-6-13-25)40-36(39-32)28-15-9-14-26(20-28)27-18-19-30-29(21-27)23-38-37-35(30)31-16-7-8-17-34(31)41-37;1-3-10-23(11-4-1)33-38-34(24-12-5-2-6-13-24)40-35(39-33)27-15-9-14-25(20-27)26-18-19-29-28(21-26)22-37-36-32(29)30-16-7-8-17-31(30)41-36/h1-30H;1-23H;1-22H. The maximum atomic E-state index is 5.02. The van der Waals surface area contributed by atoms with E-state index < -0.39 is 0 Å². The highest BCUT2D eigenvalue weighted by Crippen LogP contribution is 2.45. The molecule has 130 heavy (non-hydrogen) atoms. The van der Waals surface area contributed by atoms with E-state index in [2.05, 4.69) is 345 Å². The second-order valence-electron chi connectivity index (χ2n) is 32.1. The van der Waals surface area contributed by atoms with Crippen LogP contribution in [0.2, 0.25) is 0 Å². The minimum Gasteiger partial charge on any atom is -0.310 e. The quantitative estimate of drug-likeness (QED) is 0.105. The highest BCUT2D eigenvalue weighted by molar-refractivity contribution is 7.26. The maximum Gasteiger partial charge on any atom is 0.164 e. The summed E-state index contributed by atoms with van der Waals surface area (Å²) in [6, 6.07) is 153. The first-order chi connectivity index (χ1) is 64.4. The van der Waals surface area contributed by atoms with Crippen LogP contribution >= 0.6 is 34.0 Å². The Hall–Kier alpha value is -16.5. The van der Waals surface area contributed by atoms with Crippen molar-refractivity contribution in [2.45, 2.75) is 0 Å². The number of anilines is 3. The van der Waals surface area contributed by atoms with Crippen molar-refractivity contribution in [1.82, 2.24) is 39.9 Å². The monoisotopic (exact) mass is 1710 g/mol. The Kier molecular flexibility index (Phi) is 20.7. The molecule has 0 unspecified atom stereocenters. The molecular formula is C118H75N9S3. The lowest BCUT2D eigenvalue weighted by Gasteiger charge is -2.26. The molecular weight excluding hydrogens is 1640 g/mol. The second kappa shape index (κ2) is 34.5. The van der Waals surface area contributed by atoms with Gasteiger partial charge in [0.25, 0.3) is 0 Å². The van der Waals surface area contributed by atoms with Crippen molar-refractivity contribution in [1.29, 1.82) is 0 Å². The van der Waals surface area contributed by atoms with Crippen LogP contribution in [0.4, 0.5) is 17.1 Å². The van der Waals surface area contributed by atoms with Crippen LogP contribution in [0.3, 0.4) is 0 Å². The van der Waals surface area contributed by atoms with Gasteiger partial charge in [-0.1, -0.05) is 346 Å². The molecule has 0 aliphatic rings. The van der Waals surface area contributed by atoms with Crippen LogP contribution in [-0.2, 0) is 0 Å². The molecule has 0 bridgehead atoms. The molecule has 0 aliphatic carbocycles. The van der Waals surface area contributed by atoms with Crippen molar-refractivity contribution >= 4 is 144 Å². The van der Waals surface area contributed by atoms with Gasteiger partial charge in [0, 0.05) is 132 Å². The van der Waals surface area contributed by atoms with Crippen molar-refractivity contribution < 1.29 is 0 Å². The third kappa shape index (κ3) is 15.5. The Morgan fingerprint density at radius 1 is 0.169 bits per heavy atom. The van der Waals surface area contributed by atoms with Gasteiger partial charge >= 0.3 is 0 Å². The lowest BCUT2D eigenvalue weighted by atomic mass is 9.98. The van der Waals surface area contributed by atoms with Crippen LogP contribution in [0.5, 0.6) is 0 Å². The molecule has 0 atom stereocenters. The van der Waals surface area contributed by atoms with Crippen molar-refractivity contribution in [3.8, 4) is 124 Å². The van der Waals surface area contributed by atoms with Crippen LogP contribution < -0.4 is 4.90 Å². The molecule has 0 saturated carbocycles. The van der Waals surface area contributed by atoms with Crippen LogP contribution in [0.1, 0.15) is 0 Å². The molecule has 0 spiro atoms. The molecule has 25 aromatic rings. The minimum atomic E-state index is 0.647. The van der Waals surface area contributed by atoms with E-state index in [1.807, 2.05) is 116 Å². The average molecular weight is 1720 g/mol. The van der Waals surface area contributed by atoms with Gasteiger partial charge in [-0.05, 0) is 163 Å². The SMILES string of the molecule is c1ccc(-c2cc(-c3ccccc3)nc(-c3cccc(-c4ccc5c(cnc6sc7ccccc7c65)c4)c3)n2)cc1.c1ccc(-c2ccc(N(c3ccc(-c4ccccc4)cc3)c3cccc(-c4ccc5c(cnc6sc7ccccc7c65)c4)c3)cc2)cc1.c1ccc(-c2nc(-c3ccccc3)nc(-c3cccc(-c4ccc5c(cnc6sc7ccccc7c65)c4)c3)n2)cc1. The number of hydrogen-bond acceptors (Lipinski definition) is 12. The number of benzene rings is 17. The first-order valence-electron chi connectivity index (χ1n) is 43.3. The minimum absolute atomic E-state index is 0.647. The summed E-state index contributed by atoms with van der Waals surface area (Å²) in [6.07, 6.45) is 6.01. The number of thiophene rings is 3. The van der Waals surface area contributed by atoms with Gasteiger partial charge in [0.05, 0.1) is 11.4 Å². The summed E-state index contributed by atoms with van der Waals surface area (Å²) < 4.78 is 3.81. The van der Waals surface area contributed by atoms with Gasteiger partial charge in [-0.2, -0.15) is 0 Å². The van der Waals surface area contributed by atoms with E-state index in [9.17, 15) is 0 Å². The molecule has 17 aromatic carbocycles. The number of hydrogen-bond donors (Lipinski definition) is 0. The van der Waals surface area contributed by atoms with E-state index in [1.165, 1.54) is 90.4 Å². The molecule has 0 radical (unpaired) electrons. The highest BCUT2D eigenvalue weighted by Gasteiger charge is 2.21. The third-order valence-electron chi connectivity index (χ3n) is 24.0. The van der Waals surface area contributed by atoms with Crippen molar-refractivity contribution in [3.63, 3.8) is 0 Å². The molecule has 610 valence electrons. The fraction of sp³-hybridized carbons (Fsp3) is 0. The van der Waals surface area contributed by atoms with Gasteiger partial charge < -0.3 is 4.90 Å². The van der Waals surface area contributed by atoms with Crippen LogP contribution in [0, 0.1) is 0 Å². The zero-order chi connectivity index (χ0) is 86.2. The summed E-state index contributed by atoms with van der Waals surface area (Å²) in [7, 11) is 0. The zero-order valence-electron chi connectivity index (χ0n) is 70.1. The van der Waals surface area contributed by atoms with E-state index >= 15 is 0 Å². The molecule has 0 saturated heterocycles. The molecule has 12 heteroatoms. The van der Waals surface area contributed by atoms with Gasteiger partial charge in [0.15, 0.2) is 23.3 Å². The summed E-state index contributed by atoms with van der Waals surface area (Å²) in [5.41, 5.74) is 22.7. The van der Waals surface area contributed by atoms with Crippen LogP contribution in [0.25, 0.3) is 217 Å². The van der Waals surface area contributed by atoms with E-state index in [-0.39, 0.29) is 0 Å². The summed E-state index contributed by atoms with van der Waals surface area (Å²) in [6.45, 7) is 0. The van der Waals surface area contributed by atoms with Gasteiger partial charge in [-0.25, -0.2) is 39.9 Å². The normalized spacial score (nSPS) is 11.4. The summed E-state index contributed by atoms with van der Waals surface area (Å²) in [4.78, 5) is 44.8. The number of nitrogens with zero attached hydrogens (tertiary/aromatic N) is 9. The van der Waals surface area contributed by atoms with Crippen LogP contribution in [0.15, 0.2) is 455 Å². The molecule has 8 aromatic heterocycles. The lowest BCUT2D eigenvalue weighted by Crippen LogP contribution is -2.10. The predicted molar refractivity (Wildman–Crippen MR) is 547 cm³/mol. The molecule has 0 fully saturated rings. The summed E-state index contributed by atoms with van der Waals surface area (Å²) in [5.74, 6) is 2.67. The van der Waals surface area contributed by atoms with Gasteiger partial charge in [0.2, 0.25) is 0 Å². The van der Waals surface area contributed by atoms with Gasteiger partial charge in [0.1, 0.15) is 14.5 Å².